The summed E-state index contributed by atoms with van der Waals surface area (Å²) in [6, 6.07) is 13.6. The average Bonchev–Trinajstić information content (AvgIpc) is 2.74. The summed E-state index contributed by atoms with van der Waals surface area (Å²) in [5.41, 5.74) is 2.41. The highest BCUT2D eigenvalue weighted by Gasteiger charge is 2.18. The molecule has 2 heterocycles. The summed E-state index contributed by atoms with van der Waals surface area (Å²) in [6.07, 6.45) is 7.67. The summed E-state index contributed by atoms with van der Waals surface area (Å²) >= 11 is 0. The molecule has 1 aromatic carbocycles. The minimum absolute atomic E-state index is 0.151. The summed E-state index contributed by atoms with van der Waals surface area (Å²) < 4.78 is 0. The number of carbonyl (C=O) groups is 1. The monoisotopic (exact) mass is 361 g/mol. The number of carbonyl (C=O) groups excluding carboxylic acids is 1. The van der Waals surface area contributed by atoms with E-state index in [1.165, 1.54) is 5.56 Å². The van der Waals surface area contributed by atoms with Gasteiger partial charge < -0.3 is 9.80 Å². The maximum Gasteiger partial charge on any atom is 0.278 e. The van der Waals surface area contributed by atoms with Crippen LogP contribution >= 0.6 is 0 Å². The zero-order chi connectivity index (χ0) is 19.1. The Labute approximate surface area is 159 Å². The molecule has 1 amide bonds. The largest absolute Gasteiger partial charge is 0.358 e. The molecule has 138 valence electrons. The van der Waals surface area contributed by atoms with E-state index in [1.54, 1.807) is 29.7 Å². The summed E-state index contributed by atoms with van der Waals surface area (Å²) in [4.78, 5) is 29.3. The Kier molecular flexibility index (Phi) is 6.10. The minimum atomic E-state index is -0.151. The van der Waals surface area contributed by atoms with Crippen LogP contribution in [-0.2, 0) is 6.42 Å². The Morgan fingerprint density at radius 2 is 1.74 bits per heavy atom. The van der Waals surface area contributed by atoms with Gasteiger partial charge in [0.1, 0.15) is 11.5 Å². The molecular weight excluding hydrogens is 338 g/mol. The Hall–Kier alpha value is -3.28. The molecule has 0 atom stereocenters. The van der Waals surface area contributed by atoms with Gasteiger partial charge in [0.05, 0.1) is 12.4 Å². The summed E-state index contributed by atoms with van der Waals surface area (Å²) in [5, 5.41) is 0. The van der Waals surface area contributed by atoms with Gasteiger partial charge in [-0.25, -0.2) is 9.97 Å². The number of hydrogen-bond donors (Lipinski definition) is 0. The molecule has 27 heavy (non-hydrogen) atoms. The Balaban J connectivity index is 1.66. The predicted molar refractivity (Wildman–Crippen MR) is 107 cm³/mol. The number of amides is 1. The predicted octanol–water partition coefficient (Wildman–Crippen LogP) is 3.22. The molecule has 0 saturated carbocycles. The molecule has 0 bridgehead atoms. The van der Waals surface area contributed by atoms with E-state index >= 15 is 0 Å². The van der Waals surface area contributed by atoms with Gasteiger partial charge in [-0.1, -0.05) is 18.2 Å². The van der Waals surface area contributed by atoms with Crippen molar-refractivity contribution in [3.05, 3.63) is 78.5 Å². The number of aromatic nitrogens is 3. The van der Waals surface area contributed by atoms with Crippen molar-refractivity contribution in [1.29, 1.82) is 0 Å². The first-order valence-corrected chi connectivity index (χ1v) is 8.98. The molecule has 3 rings (SSSR count). The standard InChI is InChI=1S/C21H23N5O/c1-3-26(18-7-5-4-6-8-18)21(27)19-15-24-20(16-23-19)25(2)14-11-17-9-12-22-13-10-17/h4-10,12-13,15-16H,3,11,14H2,1-2H3. The first-order chi connectivity index (χ1) is 13.2. The van der Waals surface area contributed by atoms with Gasteiger partial charge in [0.15, 0.2) is 0 Å². The second kappa shape index (κ2) is 8.89. The van der Waals surface area contributed by atoms with Gasteiger partial charge in [-0.05, 0) is 43.2 Å². The minimum Gasteiger partial charge on any atom is -0.358 e. The molecule has 0 aliphatic heterocycles. The van der Waals surface area contributed by atoms with Gasteiger partial charge in [0.2, 0.25) is 0 Å². The van der Waals surface area contributed by atoms with Crippen molar-refractivity contribution in [3.8, 4) is 0 Å². The lowest BCUT2D eigenvalue weighted by molar-refractivity contribution is 0.0983. The molecule has 0 N–H and O–H groups in total. The second-order valence-electron chi connectivity index (χ2n) is 6.17. The molecule has 2 aromatic heterocycles. The smallest absolute Gasteiger partial charge is 0.278 e. The molecule has 3 aromatic rings. The van der Waals surface area contributed by atoms with Crippen LogP contribution in [0, 0.1) is 0 Å². The van der Waals surface area contributed by atoms with E-state index in [-0.39, 0.29) is 5.91 Å². The number of pyridine rings is 1. The van der Waals surface area contributed by atoms with Crippen LogP contribution in [-0.4, -0.2) is 41.0 Å². The highest BCUT2D eigenvalue weighted by molar-refractivity contribution is 6.04. The van der Waals surface area contributed by atoms with Gasteiger partial charge in [-0.3, -0.25) is 9.78 Å². The van der Waals surface area contributed by atoms with Gasteiger partial charge >= 0.3 is 0 Å². The van der Waals surface area contributed by atoms with Crippen molar-refractivity contribution < 1.29 is 4.79 Å². The van der Waals surface area contributed by atoms with Crippen molar-refractivity contribution >= 4 is 17.4 Å². The third kappa shape index (κ3) is 4.67. The van der Waals surface area contributed by atoms with E-state index < -0.39 is 0 Å². The van der Waals surface area contributed by atoms with Gasteiger partial charge in [-0.2, -0.15) is 0 Å². The quantitative estimate of drug-likeness (QED) is 0.647. The van der Waals surface area contributed by atoms with Crippen molar-refractivity contribution in [1.82, 2.24) is 15.0 Å². The number of nitrogens with zero attached hydrogens (tertiary/aromatic N) is 5. The maximum absolute atomic E-state index is 12.8. The number of benzene rings is 1. The van der Waals surface area contributed by atoms with Crippen LogP contribution in [0.2, 0.25) is 0 Å². The molecule has 0 saturated heterocycles. The van der Waals surface area contributed by atoms with Gasteiger partial charge in [0.25, 0.3) is 5.91 Å². The topological polar surface area (TPSA) is 62.2 Å². The molecule has 0 aliphatic rings. The SMILES string of the molecule is CCN(C(=O)c1cnc(N(C)CCc2ccncc2)cn1)c1ccccc1. The first-order valence-electron chi connectivity index (χ1n) is 8.98. The van der Waals surface area contributed by atoms with Crippen molar-refractivity contribution in [2.75, 3.05) is 29.9 Å². The zero-order valence-electron chi connectivity index (χ0n) is 15.6. The molecular formula is C21H23N5O. The highest BCUT2D eigenvalue weighted by atomic mass is 16.2. The molecule has 0 fully saturated rings. The van der Waals surface area contributed by atoms with Crippen molar-refractivity contribution in [3.63, 3.8) is 0 Å². The molecule has 6 heteroatoms. The fourth-order valence-electron chi connectivity index (χ4n) is 2.78. The van der Waals surface area contributed by atoms with Crippen LogP contribution in [0.3, 0.4) is 0 Å². The summed E-state index contributed by atoms with van der Waals surface area (Å²) in [6.45, 7) is 3.31. The fourth-order valence-corrected chi connectivity index (χ4v) is 2.78. The highest BCUT2D eigenvalue weighted by Crippen LogP contribution is 2.16. The number of likely N-dealkylation sites (N-methyl/N-ethyl adjacent to an activating group) is 1. The molecule has 0 radical (unpaired) electrons. The fraction of sp³-hybridized carbons (Fsp3) is 0.238. The number of para-hydroxylation sites is 1. The summed E-state index contributed by atoms with van der Waals surface area (Å²) in [5.74, 6) is 0.588. The van der Waals surface area contributed by atoms with E-state index in [9.17, 15) is 4.79 Å². The Morgan fingerprint density at radius 1 is 1.00 bits per heavy atom. The van der Waals surface area contributed by atoms with Crippen LogP contribution in [0.4, 0.5) is 11.5 Å². The van der Waals surface area contributed by atoms with Gasteiger partial charge in [-0.15, -0.1) is 0 Å². The molecule has 0 spiro atoms. The lowest BCUT2D eigenvalue weighted by Gasteiger charge is -2.21. The lowest BCUT2D eigenvalue weighted by Crippen LogP contribution is -2.31. The zero-order valence-corrected chi connectivity index (χ0v) is 15.6. The molecule has 0 aliphatic carbocycles. The van der Waals surface area contributed by atoms with Crippen LogP contribution in [0.1, 0.15) is 23.0 Å². The van der Waals surface area contributed by atoms with Gasteiger partial charge in [0, 0.05) is 38.2 Å². The maximum atomic E-state index is 12.8. The first kappa shape index (κ1) is 18.5. The number of rotatable bonds is 7. The third-order valence-corrected chi connectivity index (χ3v) is 4.36. The third-order valence-electron chi connectivity index (χ3n) is 4.36. The average molecular weight is 361 g/mol. The summed E-state index contributed by atoms with van der Waals surface area (Å²) in [7, 11) is 1.97. The number of hydrogen-bond acceptors (Lipinski definition) is 5. The Morgan fingerprint density at radius 3 is 2.37 bits per heavy atom. The second-order valence-corrected chi connectivity index (χ2v) is 6.17. The van der Waals surface area contributed by atoms with E-state index in [4.69, 9.17) is 0 Å². The van der Waals surface area contributed by atoms with Crippen molar-refractivity contribution in [2.45, 2.75) is 13.3 Å². The number of anilines is 2. The van der Waals surface area contributed by atoms with E-state index in [1.807, 2.05) is 61.3 Å². The molecule has 6 nitrogen and oxygen atoms in total. The normalized spacial score (nSPS) is 10.4. The van der Waals surface area contributed by atoms with Crippen molar-refractivity contribution in [2.24, 2.45) is 0 Å². The van der Waals surface area contributed by atoms with Crippen LogP contribution in [0.5, 0.6) is 0 Å². The molecule has 0 unspecified atom stereocenters. The van der Waals surface area contributed by atoms with Crippen LogP contribution < -0.4 is 9.80 Å². The Bertz CT molecular complexity index is 853. The van der Waals surface area contributed by atoms with E-state index in [2.05, 4.69) is 15.0 Å². The van der Waals surface area contributed by atoms with E-state index in [0.717, 1.165) is 24.5 Å². The van der Waals surface area contributed by atoms with E-state index in [0.29, 0.717) is 12.2 Å². The van der Waals surface area contributed by atoms with Crippen LogP contribution in [0.25, 0.3) is 0 Å². The lowest BCUT2D eigenvalue weighted by atomic mass is 10.2. The van der Waals surface area contributed by atoms with Crippen LogP contribution in [0.15, 0.2) is 67.3 Å².